The van der Waals surface area contributed by atoms with Gasteiger partial charge in [-0.1, -0.05) is 5.16 Å². The van der Waals surface area contributed by atoms with Gasteiger partial charge in [0.1, 0.15) is 0 Å². The Labute approximate surface area is 57.2 Å². The molecule has 0 saturated carbocycles. The van der Waals surface area contributed by atoms with Crippen LogP contribution in [0.5, 0.6) is 0 Å². The van der Waals surface area contributed by atoms with E-state index in [4.69, 9.17) is 5.73 Å². The fourth-order valence-corrected chi connectivity index (χ4v) is 0.544. The number of hydrogen-bond donors (Lipinski definition) is 2. The summed E-state index contributed by atoms with van der Waals surface area (Å²) < 4.78 is 4.61. The van der Waals surface area contributed by atoms with Gasteiger partial charge in [-0.2, -0.15) is 0 Å². The van der Waals surface area contributed by atoms with E-state index in [1.807, 2.05) is 0 Å². The Hall–Kier alpha value is -1.52. The predicted molar refractivity (Wildman–Crippen MR) is 34.4 cm³/mol. The summed E-state index contributed by atoms with van der Waals surface area (Å²) in [5, 5.41) is 5.76. The molecule has 1 rings (SSSR count). The lowest BCUT2D eigenvalue weighted by Gasteiger charge is -1.89. The first kappa shape index (κ1) is 6.60. The highest BCUT2D eigenvalue weighted by atomic mass is 16.5. The SMILES string of the molecule is Cc1cc(NC(N)=O)on1. The average molecular weight is 141 g/mol. The molecule has 0 fully saturated rings. The van der Waals surface area contributed by atoms with Crippen molar-refractivity contribution in [3.8, 4) is 0 Å². The second-order valence-electron chi connectivity index (χ2n) is 1.82. The Morgan fingerprint density at radius 3 is 3.00 bits per heavy atom. The highest BCUT2D eigenvalue weighted by molar-refractivity contribution is 5.86. The molecule has 3 N–H and O–H groups in total. The largest absolute Gasteiger partial charge is 0.351 e. The van der Waals surface area contributed by atoms with Crippen LogP contribution in [-0.2, 0) is 0 Å². The van der Waals surface area contributed by atoms with E-state index >= 15 is 0 Å². The standard InChI is InChI=1S/C5H7N3O2/c1-3-2-4(10-8-3)7-5(6)9/h2H,1H3,(H3,6,7,9). The molecule has 10 heavy (non-hydrogen) atoms. The molecule has 0 atom stereocenters. The van der Waals surface area contributed by atoms with Gasteiger partial charge < -0.3 is 10.3 Å². The molecule has 0 unspecified atom stereocenters. The Balaban J connectivity index is 2.67. The van der Waals surface area contributed by atoms with Crippen molar-refractivity contribution in [3.63, 3.8) is 0 Å². The molecule has 0 aliphatic heterocycles. The molecule has 1 heterocycles. The Bertz CT molecular complexity index is 243. The average Bonchev–Trinajstić information content (AvgIpc) is 2.13. The zero-order valence-electron chi connectivity index (χ0n) is 5.42. The van der Waals surface area contributed by atoms with Crippen molar-refractivity contribution in [2.75, 3.05) is 5.32 Å². The van der Waals surface area contributed by atoms with E-state index < -0.39 is 6.03 Å². The van der Waals surface area contributed by atoms with Crippen molar-refractivity contribution in [2.45, 2.75) is 6.92 Å². The molecule has 0 saturated heterocycles. The zero-order valence-corrected chi connectivity index (χ0v) is 5.42. The van der Waals surface area contributed by atoms with Gasteiger partial charge >= 0.3 is 6.03 Å². The lowest BCUT2D eigenvalue weighted by atomic mass is 10.5. The molecule has 2 amide bonds. The lowest BCUT2D eigenvalue weighted by molar-refractivity contribution is 0.258. The fourth-order valence-electron chi connectivity index (χ4n) is 0.544. The maximum atomic E-state index is 10.2. The van der Waals surface area contributed by atoms with Gasteiger partial charge in [0.25, 0.3) is 0 Å². The summed E-state index contributed by atoms with van der Waals surface area (Å²) in [6.07, 6.45) is 0. The first-order valence-corrected chi connectivity index (χ1v) is 2.68. The van der Waals surface area contributed by atoms with Crippen molar-refractivity contribution in [1.29, 1.82) is 0 Å². The molecule has 5 nitrogen and oxygen atoms in total. The van der Waals surface area contributed by atoms with E-state index in [1.54, 1.807) is 13.0 Å². The fraction of sp³-hybridized carbons (Fsp3) is 0.200. The number of anilines is 1. The molecule has 0 radical (unpaired) electrons. The number of urea groups is 1. The monoisotopic (exact) mass is 141 g/mol. The highest BCUT2D eigenvalue weighted by Gasteiger charge is 2.00. The molecule has 0 aliphatic rings. The quantitative estimate of drug-likeness (QED) is 0.596. The highest BCUT2D eigenvalue weighted by Crippen LogP contribution is 2.06. The topological polar surface area (TPSA) is 81.1 Å². The molecule has 0 bridgehead atoms. The van der Waals surface area contributed by atoms with Gasteiger partial charge in [0.05, 0.1) is 5.69 Å². The molecule has 5 heteroatoms. The van der Waals surface area contributed by atoms with E-state index in [0.29, 0.717) is 5.69 Å². The Kier molecular flexibility index (Phi) is 1.57. The molecule has 1 aromatic rings. The van der Waals surface area contributed by atoms with Crippen LogP contribution in [0.3, 0.4) is 0 Å². The van der Waals surface area contributed by atoms with Crippen molar-refractivity contribution in [1.82, 2.24) is 5.16 Å². The minimum Gasteiger partial charge on any atom is -0.351 e. The Morgan fingerprint density at radius 2 is 2.60 bits per heavy atom. The first-order valence-electron chi connectivity index (χ1n) is 2.68. The van der Waals surface area contributed by atoms with Crippen molar-refractivity contribution in [2.24, 2.45) is 5.73 Å². The van der Waals surface area contributed by atoms with E-state index in [9.17, 15) is 4.79 Å². The van der Waals surface area contributed by atoms with Gasteiger partial charge in [0, 0.05) is 6.07 Å². The number of carbonyl (C=O) groups is 1. The summed E-state index contributed by atoms with van der Waals surface area (Å²) in [5.74, 6) is 0.269. The number of nitrogens with one attached hydrogen (secondary N) is 1. The third kappa shape index (κ3) is 1.48. The van der Waals surface area contributed by atoms with Crippen LogP contribution in [-0.4, -0.2) is 11.2 Å². The molecule has 1 aromatic heterocycles. The number of primary amides is 1. The van der Waals surface area contributed by atoms with E-state index in [2.05, 4.69) is 15.0 Å². The Morgan fingerprint density at radius 1 is 1.90 bits per heavy atom. The molecule has 0 spiro atoms. The molecular formula is C5H7N3O2. The molecule has 0 aliphatic carbocycles. The van der Waals surface area contributed by atoms with Crippen LogP contribution in [0.2, 0.25) is 0 Å². The van der Waals surface area contributed by atoms with Crippen molar-refractivity contribution >= 4 is 11.9 Å². The van der Waals surface area contributed by atoms with Crippen LogP contribution < -0.4 is 11.1 Å². The van der Waals surface area contributed by atoms with Crippen LogP contribution in [0.1, 0.15) is 5.69 Å². The minimum atomic E-state index is -0.656. The third-order valence-electron chi connectivity index (χ3n) is 0.874. The number of carbonyl (C=O) groups excluding carboxylic acids is 1. The van der Waals surface area contributed by atoms with Crippen LogP contribution in [0.25, 0.3) is 0 Å². The van der Waals surface area contributed by atoms with E-state index in [0.717, 1.165) is 0 Å². The van der Waals surface area contributed by atoms with Crippen LogP contribution in [0, 0.1) is 6.92 Å². The number of aromatic nitrogens is 1. The van der Waals surface area contributed by atoms with Gasteiger partial charge in [-0.3, -0.25) is 5.32 Å². The van der Waals surface area contributed by atoms with E-state index in [1.165, 1.54) is 0 Å². The summed E-state index contributed by atoms with van der Waals surface area (Å²) in [4.78, 5) is 10.2. The van der Waals surface area contributed by atoms with Gasteiger partial charge in [0.2, 0.25) is 5.88 Å². The maximum absolute atomic E-state index is 10.2. The molecule has 0 aromatic carbocycles. The number of amides is 2. The lowest BCUT2D eigenvalue weighted by Crippen LogP contribution is -2.18. The number of rotatable bonds is 1. The van der Waals surface area contributed by atoms with E-state index in [-0.39, 0.29) is 5.88 Å². The summed E-state index contributed by atoms with van der Waals surface area (Å²) in [7, 11) is 0. The third-order valence-corrected chi connectivity index (χ3v) is 0.874. The second-order valence-corrected chi connectivity index (χ2v) is 1.82. The molecular weight excluding hydrogens is 134 g/mol. The van der Waals surface area contributed by atoms with Gasteiger partial charge in [-0.25, -0.2) is 4.79 Å². The summed E-state index contributed by atoms with van der Waals surface area (Å²) in [6, 6.07) is 0.918. The minimum absolute atomic E-state index is 0.269. The summed E-state index contributed by atoms with van der Waals surface area (Å²) in [5.41, 5.74) is 5.49. The van der Waals surface area contributed by atoms with Gasteiger partial charge in [-0.05, 0) is 6.92 Å². The summed E-state index contributed by atoms with van der Waals surface area (Å²) in [6.45, 7) is 1.75. The second kappa shape index (κ2) is 2.38. The van der Waals surface area contributed by atoms with Crippen molar-refractivity contribution in [3.05, 3.63) is 11.8 Å². The van der Waals surface area contributed by atoms with Gasteiger partial charge in [-0.15, -0.1) is 0 Å². The molecule has 54 valence electrons. The predicted octanol–water partition coefficient (Wildman–Crippen LogP) is 0.474. The number of nitrogens with two attached hydrogens (primary N) is 1. The summed E-state index contributed by atoms with van der Waals surface area (Å²) >= 11 is 0. The first-order chi connectivity index (χ1) is 4.68. The number of aryl methyl sites for hydroxylation is 1. The number of hydrogen-bond acceptors (Lipinski definition) is 3. The van der Waals surface area contributed by atoms with Crippen LogP contribution >= 0.6 is 0 Å². The normalized spacial score (nSPS) is 9.30. The van der Waals surface area contributed by atoms with Crippen LogP contribution in [0.15, 0.2) is 10.6 Å². The number of nitrogens with zero attached hydrogens (tertiary/aromatic N) is 1. The van der Waals surface area contributed by atoms with Crippen LogP contribution in [0.4, 0.5) is 10.7 Å². The maximum Gasteiger partial charge on any atom is 0.319 e. The van der Waals surface area contributed by atoms with Crippen molar-refractivity contribution < 1.29 is 9.32 Å². The smallest absolute Gasteiger partial charge is 0.319 e. The zero-order chi connectivity index (χ0) is 7.56. The van der Waals surface area contributed by atoms with Gasteiger partial charge in [0.15, 0.2) is 0 Å².